The van der Waals surface area contributed by atoms with E-state index in [4.69, 9.17) is 4.74 Å². The average molecular weight is 382 g/mol. The van der Waals surface area contributed by atoms with Crippen LogP contribution in [0.1, 0.15) is 19.3 Å². The van der Waals surface area contributed by atoms with E-state index >= 15 is 0 Å². The largest absolute Gasteiger partial charge is 0.497 e. The van der Waals surface area contributed by atoms with Crippen LogP contribution >= 0.6 is 0 Å². The highest BCUT2D eigenvalue weighted by Gasteiger charge is 2.39. The maximum atomic E-state index is 13.1. The molecule has 27 heavy (non-hydrogen) atoms. The third-order valence-electron chi connectivity index (χ3n) is 5.78. The Hall–Kier alpha value is -2.31. The summed E-state index contributed by atoms with van der Waals surface area (Å²) in [4.78, 5) is 2.82. The highest BCUT2D eigenvalue weighted by molar-refractivity contribution is 7.89. The van der Waals surface area contributed by atoms with E-state index in [9.17, 15) is 8.42 Å². The molecule has 1 atom stereocenters. The molecule has 0 N–H and O–H groups in total. The van der Waals surface area contributed by atoms with E-state index in [1.165, 1.54) is 28.3 Å². The Kier molecular flexibility index (Phi) is 3.98. The van der Waals surface area contributed by atoms with Gasteiger partial charge in [0.25, 0.3) is 10.0 Å². The number of sulfonamides is 1. The minimum absolute atomic E-state index is 0.300. The van der Waals surface area contributed by atoms with Crippen molar-refractivity contribution in [2.24, 2.45) is 0 Å². The molecule has 3 heterocycles. The van der Waals surface area contributed by atoms with Crippen LogP contribution in [0.25, 0.3) is 0 Å². The summed E-state index contributed by atoms with van der Waals surface area (Å²) in [7, 11) is -3.62. The molecule has 5 rings (SSSR count). The van der Waals surface area contributed by atoms with Gasteiger partial charge in [-0.3, -0.25) is 4.90 Å². The molecule has 4 aliphatic rings. The van der Waals surface area contributed by atoms with Gasteiger partial charge in [-0.1, -0.05) is 18.2 Å². The molecular weight excluding hydrogens is 360 g/mol. The first kappa shape index (κ1) is 16.8. The first-order valence-electron chi connectivity index (χ1n) is 9.42. The molecule has 1 aromatic rings. The summed E-state index contributed by atoms with van der Waals surface area (Å²) in [6, 6.07) is 8.91. The Labute approximate surface area is 160 Å². The van der Waals surface area contributed by atoms with Crippen molar-refractivity contribution in [2.75, 3.05) is 19.7 Å². The molecule has 140 valence electrons. The van der Waals surface area contributed by atoms with Gasteiger partial charge in [0.2, 0.25) is 0 Å². The van der Waals surface area contributed by atoms with Crippen LogP contribution < -0.4 is 0 Å². The number of ether oxygens (including phenoxy) is 1. The van der Waals surface area contributed by atoms with Gasteiger partial charge < -0.3 is 4.74 Å². The quantitative estimate of drug-likeness (QED) is 0.806. The van der Waals surface area contributed by atoms with Gasteiger partial charge in [-0.15, -0.1) is 0 Å². The molecule has 0 bridgehead atoms. The Morgan fingerprint density at radius 2 is 1.81 bits per heavy atom. The first-order chi connectivity index (χ1) is 13.1. The number of hydrogen-bond acceptors (Lipinski definition) is 4. The van der Waals surface area contributed by atoms with E-state index in [-0.39, 0.29) is 0 Å². The lowest BCUT2D eigenvalue weighted by Crippen LogP contribution is -2.33. The molecule has 6 heteroatoms. The molecule has 0 aromatic heterocycles. The summed E-state index contributed by atoms with van der Waals surface area (Å²) in [5.74, 6) is 0. The van der Waals surface area contributed by atoms with Gasteiger partial charge in [0.15, 0.2) is 0 Å². The van der Waals surface area contributed by atoms with Crippen LogP contribution in [0.2, 0.25) is 0 Å². The Balaban J connectivity index is 1.58. The molecule has 0 radical (unpaired) electrons. The summed E-state index contributed by atoms with van der Waals surface area (Å²) in [6.07, 6.45) is 10.4. The van der Waals surface area contributed by atoms with E-state index in [0.717, 1.165) is 30.7 Å². The maximum absolute atomic E-state index is 13.1. The molecule has 3 aliphatic heterocycles. The van der Waals surface area contributed by atoms with E-state index in [2.05, 4.69) is 4.90 Å². The normalized spacial score (nSPS) is 25.0. The Morgan fingerprint density at radius 3 is 2.59 bits per heavy atom. The SMILES string of the molecule is O=S(=O)(c1ccccc1)N1C=C2C=COCC3=C2C(=C1)CC3N1CCCC1. The number of likely N-dealkylation sites (tertiary alicyclic amines) is 1. The fraction of sp³-hybridized carbons (Fsp3) is 0.333. The summed E-state index contributed by atoms with van der Waals surface area (Å²) >= 11 is 0. The standard InChI is InChI=1S/C21H22N2O3S/c24-27(25,18-6-2-1-3-7-18)23-13-16-8-11-26-15-19-20(22-9-4-5-10-22)12-17(14-23)21(16)19/h1-3,6-8,11,13-14,20H,4-5,9-10,12,15H2. The van der Waals surface area contributed by atoms with Crippen LogP contribution in [-0.4, -0.2) is 43.4 Å². The first-order valence-corrected chi connectivity index (χ1v) is 10.9. The predicted octanol–water partition coefficient (Wildman–Crippen LogP) is 3.17. The zero-order valence-electron chi connectivity index (χ0n) is 15.0. The van der Waals surface area contributed by atoms with Gasteiger partial charge in [-0.05, 0) is 67.3 Å². The van der Waals surface area contributed by atoms with Gasteiger partial charge in [0, 0.05) is 24.0 Å². The van der Waals surface area contributed by atoms with Gasteiger partial charge in [-0.25, -0.2) is 12.7 Å². The fourth-order valence-electron chi connectivity index (χ4n) is 4.50. The van der Waals surface area contributed by atoms with E-state index < -0.39 is 10.0 Å². The van der Waals surface area contributed by atoms with Crippen molar-refractivity contribution in [3.05, 3.63) is 77.4 Å². The third-order valence-corrected chi connectivity index (χ3v) is 7.41. The van der Waals surface area contributed by atoms with Crippen molar-refractivity contribution >= 4 is 10.0 Å². The van der Waals surface area contributed by atoms with E-state index in [1.807, 2.05) is 12.1 Å². The Morgan fingerprint density at radius 1 is 1.04 bits per heavy atom. The number of rotatable bonds is 3. The molecule has 1 aromatic carbocycles. The lowest BCUT2D eigenvalue weighted by Gasteiger charge is -2.25. The Bertz CT molecular complexity index is 984. The van der Waals surface area contributed by atoms with Crippen molar-refractivity contribution in [1.29, 1.82) is 0 Å². The molecule has 1 fully saturated rings. The minimum Gasteiger partial charge on any atom is -0.497 e. The van der Waals surface area contributed by atoms with Gasteiger partial charge in [0.05, 0.1) is 11.2 Å². The van der Waals surface area contributed by atoms with Crippen molar-refractivity contribution in [2.45, 2.75) is 30.2 Å². The van der Waals surface area contributed by atoms with Crippen molar-refractivity contribution in [3.63, 3.8) is 0 Å². The summed E-state index contributed by atoms with van der Waals surface area (Å²) in [5.41, 5.74) is 4.48. The van der Waals surface area contributed by atoms with Gasteiger partial charge in [-0.2, -0.15) is 0 Å². The van der Waals surface area contributed by atoms with Gasteiger partial charge >= 0.3 is 0 Å². The third kappa shape index (κ3) is 2.75. The van der Waals surface area contributed by atoms with Crippen LogP contribution in [0.4, 0.5) is 0 Å². The van der Waals surface area contributed by atoms with Gasteiger partial charge in [0.1, 0.15) is 6.61 Å². The topological polar surface area (TPSA) is 49.9 Å². The zero-order chi connectivity index (χ0) is 18.4. The van der Waals surface area contributed by atoms with E-state index in [0.29, 0.717) is 17.5 Å². The molecule has 0 amide bonds. The summed E-state index contributed by atoms with van der Waals surface area (Å²) in [5, 5.41) is 0. The molecule has 0 spiro atoms. The highest BCUT2D eigenvalue weighted by Crippen LogP contribution is 2.44. The van der Waals surface area contributed by atoms with Crippen LogP contribution in [0.5, 0.6) is 0 Å². The molecule has 1 unspecified atom stereocenters. The molecular formula is C21H22N2O3S. The molecule has 1 aliphatic carbocycles. The van der Waals surface area contributed by atoms with Crippen molar-refractivity contribution in [3.8, 4) is 0 Å². The van der Waals surface area contributed by atoms with Crippen LogP contribution in [0.3, 0.4) is 0 Å². The lowest BCUT2D eigenvalue weighted by atomic mass is 9.98. The highest BCUT2D eigenvalue weighted by atomic mass is 32.2. The molecule has 5 nitrogen and oxygen atoms in total. The second-order valence-electron chi connectivity index (χ2n) is 7.36. The second kappa shape index (κ2) is 6.39. The summed E-state index contributed by atoms with van der Waals surface area (Å²) < 4.78 is 33.3. The maximum Gasteiger partial charge on any atom is 0.267 e. The van der Waals surface area contributed by atoms with E-state index in [1.54, 1.807) is 42.9 Å². The second-order valence-corrected chi connectivity index (χ2v) is 9.21. The average Bonchev–Trinajstić information content (AvgIpc) is 3.28. The van der Waals surface area contributed by atoms with Crippen LogP contribution in [-0.2, 0) is 14.8 Å². The van der Waals surface area contributed by atoms with Crippen LogP contribution in [0, 0.1) is 0 Å². The number of benzene rings is 1. The summed E-state index contributed by atoms with van der Waals surface area (Å²) in [6.45, 7) is 2.79. The number of allylic oxidation sites excluding steroid dienone is 3. The number of nitrogens with zero attached hydrogens (tertiary/aromatic N) is 2. The van der Waals surface area contributed by atoms with Crippen LogP contribution in [0.15, 0.2) is 82.3 Å². The smallest absolute Gasteiger partial charge is 0.267 e. The lowest BCUT2D eigenvalue weighted by molar-refractivity contribution is 0.229. The monoisotopic (exact) mass is 382 g/mol. The molecule has 0 saturated carbocycles. The predicted molar refractivity (Wildman–Crippen MR) is 103 cm³/mol. The van der Waals surface area contributed by atoms with Crippen molar-refractivity contribution in [1.82, 2.24) is 9.21 Å². The van der Waals surface area contributed by atoms with Crippen molar-refractivity contribution < 1.29 is 13.2 Å². The molecule has 1 saturated heterocycles. The fourth-order valence-corrected chi connectivity index (χ4v) is 5.76. The zero-order valence-corrected chi connectivity index (χ0v) is 15.9. The minimum atomic E-state index is -3.62. The number of hydrogen-bond donors (Lipinski definition) is 0.